The summed E-state index contributed by atoms with van der Waals surface area (Å²) in [5.41, 5.74) is 0.763. The quantitative estimate of drug-likeness (QED) is 0.856. The van der Waals surface area contributed by atoms with Gasteiger partial charge in [0.25, 0.3) is 0 Å². The summed E-state index contributed by atoms with van der Waals surface area (Å²) in [6, 6.07) is 5.73. The van der Waals surface area contributed by atoms with Crippen LogP contribution in [0.2, 0.25) is 0 Å². The molecule has 0 unspecified atom stereocenters. The van der Waals surface area contributed by atoms with E-state index < -0.39 is 0 Å². The molecule has 1 N–H and O–H groups in total. The zero-order valence-corrected chi connectivity index (χ0v) is 14.3. The molecule has 1 aromatic carbocycles. The average Bonchev–Trinajstić information content (AvgIpc) is 3.15. The number of benzene rings is 1. The zero-order chi connectivity index (χ0) is 17.2. The number of fused-ring (bicyclic) bond motifs is 1. The van der Waals surface area contributed by atoms with Crippen LogP contribution in [0.3, 0.4) is 0 Å². The lowest BCUT2D eigenvalue weighted by molar-refractivity contribution is -0.127. The number of carbonyl (C=O) groups excluding carboxylic acids is 2. The Labute approximate surface area is 147 Å². The average molecular weight is 344 g/mol. The second kappa shape index (κ2) is 6.94. The lowest BCUT2D eigenvalue weighted by Crippen LogP contribution is -2.39. The summed E-state index contributed by atoms with van der Waals surface area (Å²) >= 11 is 0. The third-order valence-electron chi connectivity index (χ3n) is 5.37. The van der Waals surface area contributed by atoms with E-state index in [9.17, 15) is 9.59 Å². The predicted octanol–water partition coefficient (Wildman–Crippen LogP) is 2.61. The minimum Gasteiger partial charge on any atom is -0.454 e. The predicted molar refractivity (Wildman–Crippen MR) is 92.7 cm³/mol. The second-order valence-electron chi connectivity index (χ2n) is 7.14. The summed E-state index contributed by atoms with van der Waals surface area (Å²) in [6.45, 7) is 0.635. The standard InChI is InChI=1S/C19H24N2O4/c22-18-9-13(19(23)20-14-5-3-1-2-4-6-14)11-21(18)15-7-8-16-17(10-15)25-12-24-16/h7-8,10,13-14H,1-6,9,11-12H2,(H,20,23)/t13-/m0/s1. The molecule has 6 nitrogen and oxygen atoms in total. The summed E-state index contributed by atoms with van der Waals surface area (Å²) in [5, 5.41) is 3.17. The molecule has 0 spiro atoms. The monoisotopic (exact) mass is 344 g/mol. The maximum atomic E-state index is 12.6. The van der Waals surface area contributed by atoms with Gasteiger partial charge in [-0.05, 0) is 25.0 Å². The van der Waals surface area contributed by atoms with Gasteiger partial charge in [-0.2, -0.15) is 0 Å². The van der Waals surface area contributed by atoms with Crippen molar-refractivity contribution in [1.82, 2.24) is 5.32 Å². The lowest BCUT2D eigenvalue weighted by Gasteiger charge is -2.20. The molecule has 25 heavy (non-hydrogen) atoms. The molecule has 3 aliphatic rings. The van der Waals surface area contributed by atoms with Gasteiger partial charge in [0, 0.05) is 30.8 Å². The van der Waals surface area contributed by atoms with Gasteiger partial charge in [0.05, 0.1) is 5.92 Å². The third-order valence-corrected chi connectivity index (χ3v) is 5.37. The number of nitrogens with zero attached hydrogens (tertiary/aromatic N) is 1. The zero-order valence-electron chi connectivity index (χ0n) is 14.3. The van der Waals surface area contributed by atoms with Crippen molar-refractivity contribution in [3.05, 3.63) is 18.2 Å². The Balaban J connectivity index is 1.40. The first-order valence-electron chi connectivity index (χ1n) is 9.21. The van der Waals surface area contributed by atoms with E-state index in [4.69, 9.17) is 9.47 Å². The molecule has 0 bridgehead atoms. The molecule has 2 aliphatic heterocycles. The van der Waals surface area contributed by atoms with Gasteiger partial charge in [0.2, 0.25) is 18.6 Å². The van der Waals surface area contributed by atoms with E-state index in [1.807, 2.05) is 18.2 Å². The fourth-order valence-corrected chi connectivity index (χ4v) is 3.93. The Bertz CT molecular complexity index is 667. The highest BCUT2D eigenvalue weighted by Gasteiger charge is 2.36. The Morgan fingerprint density at radius 3 is 2.64 bits per heavy atom. The molecule has 1 saturated heterocycles. The number of rotatable bonds is 3. The summed E-state index contributed by atoms with van der Waals surface area (Å²) in [6.07, 6.45) is 7.25. The van der Waals surface area contributed by atoms with Crippen LogP contribution in [-0.4, -0.2) is 31.2 Å². The first-order valence-corrected chi connectivity index (χ1v) is 9.21. The second-order valence-corrected chi connectivity index (χ2v) is 7.14. The summed E-state index contributed by atoms with van der Waals surface area (Å²) in [4.78, 5) is 26.7. The van der Waals surface area contributed by atoms with Gasteiger partial charge in [0.1, 0.15) is 0 Å². The largest absolute Gasteiger partial charge is 0.454 e. The van der Waals surface area contributed by atoms with E-state index in [2.05, 4.69) is 5.32 Å². The van der Waals surface area contributed by atoms with Crippen LogP contribution in [0, 0.1) is 5.92 Å². The molecule has 6 heteroatoms. The normalized spacial score (nSPS) is 23.6. The van der Waals surface area contributed by atoms with Crippen molar-refractivity contribution in [1.29, 1.82) is 0 Å². The van der Waals surface area contributed by atoms with E-state index in [0.29, 0.717) is 18.0 Å². The molecular weight excluding hydrogens is 320 g/mol. The van der Waals surface area contributed by atoms with Crippen molar-refractivity contribution >= 4 is 17.5 Å². The molecule has 0 aromatic heterocycles. The van der Waals surface area contributed by atoms with Crippen molar-refractivity contribution in [2.45, 2.75) is 51.0 Å². The van der Waals surface area contributed by atoms with Gasteiger partial charge in [-0.1, -0.05) is 25.7 Å². The number of hydrogen-bond acceptors (Lipinski definition) is 4. The molecule has 134 valence electrons. The number of hydrogen-bond donors (Lipinski definition) is 1. The van der Waals surface area contributed by atoms with Crippen LogP contribution in [0.15, 0.2) is 18.2 Å². The maximum absolute atomic E-state index is 12.6. The van der Waals surface area contributed by atoms with E-state index >= 15 is 0 Å². The highest BCUT2D eigenvalue weighted by molar-refractivity contribution is 6.00. The van der Waals surface area contributed by atoms with Gasteiger partial charge < -0.3 is 19.7 Å². The molecular formula is C19H24N2O4. The Morgan fingerprint density at radius 2 is 1.84 bits per heavy atom. The highest BCUT2D eigenvalue weighted by Crippen LogP contribution is 2.37. The number of ether oxygens (including phenoxy) is 2. The highest BCUT2D eigenvalue weighted by atomic mass is 16.7. The number of anilines is 1. The van der Waals surface area contributed by atoms with Crippen LogP contribution in [0.1, 0.15) is 44.9 Å². The van der Waals surface area contributed by atoms with Crippen LogP contribution >= 0.6 is 0 Å². The first kappa shape index (κ1) is 16.2. The van der Waals surface area contributed by atoms with Crippen LogP contribution in [0.5, 0.6) is 11.5 Å². The minimum atomic E-state index is -0.277. The van der Waals surface area contributed by atoms with Crippen LogP contribution < -0.4 is 19.7 Å². The van der Waals surface area contributed by atoms with Gasteiger partial charge >= 0.3 is 0 Å². The van der Waals surface area contributed by atoms with Gasteiger partial charge in [-0.3, -0.25) is 9.59 Å². The SMILES string of the molecule is O=C(NC1CCCCCC1)[C@H]1CC(=O)N(c2ccc3c(c2)OCO3)C1. The minimum absolute atomic E-state index is 0.0140. The van der Waals surface area contributed by atoms with E-state index in [0.717, 1.165) is 18.5 Å². The molecule has 0 radical (unpaired) electrons. The van der Waals surface area contributed by atoms with Crippen molar-refractivity contribution in [3.8, 4) is 11.5 Å². The van der Waals surface area contributed by atoms with Crippen LogP contribution in [0.25, 0.3) is 0 Å². The van der Waals surface area contributed by atoms with E-state index in [-0.39, 0.29) is 37.0 Å². The van der Waals surface area contributed by atoms with Gasteiger partial charge in [-0.15, -0.1) is 0 Å². The van der Waals surface area contributed by atoms with Crippen molar-refractivity contribution < 1.29 is 19.1 Å². The smallest absolute Gasteiger partial charge is 0.231 e. The summed E-state index contributed by atoms with van der Waals surface area (Å²) in [5.74, 6) is 1.07. The Kier molecular flexibility index (Phi) is 4.51. The topological polar surface area (TPSA) is 67.9 Å². The van der Waals surface area contributed by atoms with E-state index in [1.165, 1.54) is 25.7 Å². The Morgan fingerprint density at radius 1 is 1.08 bits per heavy atom. The van der Waals surface area contributed by atoms with Gasteiger partial charge in [-0.25, -0.2) is 0 Å². The summed E-state index contributed by atoms with van der Waals surface area (Å²) < 4.78 is 10.7. The lowest BCUT2D eigenvalue weighted by atomic mass is 10.0. The molecule has 2 heterocycles. The molecule has 1 atom stereocenters. The number of amides is 2. The van der Waals surface area contributed by atoms with Crippen LogP contribution in [0.4, 0.5) is 5.69 Å². The summed E-state index contributed by atoms with van der Waals surface area (Å²) in [7, 11) is 0. The molecule has 4 rings (SSSR count). The fraction of sp³-hybridized carbons (Fsp3) is 0.579. The fourth-order valence-electron chi connectivity index (χ4n) is 3.93. The van der Waals surface area contributed by atoms with Crippen LogP contribution in [-0.2, 0) is 9.59 Å². The molecule has 2 amide bonds. The number of carbonyl (C=O) groups is 2. The molecule has 1 saturated carbocycles. The Hall–Kier alpha value is -2.24. The number of nitrogens with one attached hydrogen (secondary N) is 1. The van der Waals surface area contributed by atoms with Crippen molar-refractivity contribution in [3.63, 3.8) is 0 Å². The first-order chi connectivity index (χ1) is 12.2. The maximum Gasteiger partial charge on any atom is 0.231 e. The van der Waals surface area contributed by atoms with E-state index in [1.54, 1.807) is 4.90 Å². The van der Waals surface area contributed by atoms with Gasteiger partial charge in [0.15, 0.2) is 11.5 Å². The molecule has 2 fully saturated rings. The third kappa shape index (κ3) is 3.43. The molecule has 1 aromatic rings. The molecule has 1 aliphatic carbocycles. The van der Waals surface area contributed by atoms with Crippen molar-refractivity contribution in [2.75, 3.05) is 18.2 Å². The van der Waals surface area contributed by atoms with Crippen molar-refractivity contribution in [2.24, 2.45) is 5.92 Å².